The molecule has 0 aromatic heterocycles. The van der Waals surface area contributed by atoms with Gasteiger partial charge >= 0.3 is 5.97 Å². The molecule has 3 saturated carbocycles. The number of hydrogen-bond donors (Lipinski definition) is 9. The Labute approximate surface area is 432 Å². The number of esters is 1. The van der Waals surface area contributed by atoms with Crippen molar-refractivity contribution in [3.63, 3.8) is 0 Å². The summed E-state index contributed by atoms with van der Waals surface area (Å²) in [5, 5.41) is 98.5. The fraction of sp³-hybridized carbons (Fsp3) is 0.887. The van der Waals surface area contributed by atoms with Crippen LogP contribution in [0.25, 0.3) is 0 Å². The number of aliphatic hydroxyl groups is 9. The van der Waals surface area contributed by atoms with Crippen LogP contribution in [0.1, 0.15) is 106 Å². The van der Waals surface area contributed by atoms with Crippen molar-refractivity contribution in [2.75, 3.05) is 26.9 Å². The molecular weight excluding hydrogens is 973 g/mol. The smallest absolute Gasteiger partial charge is 0.314 e. The number of ketones is 1. The van der Waals surface area contributed by atoms with Gasteiger partial charge in [-0.2, -0.15) is 0 Å². The third-order valence-electron chi connectivity index (χ3n) is 19.5. The van der Waals surface area contributed by atoms with Gasteiger partial charge in [0.15, 0.2) is 25.2 Å². The van der Waals surface area contributed by atoms with Crippen molar-refractivity contribution in [3.05, 3.63) is 23.8 Å². The Kier molecular flexibility index (Phi) is 16.0. The molecule has 0 bridgehead atoms. The lowest BCUT2D eigenvalue weighted by molar-refractivity contribution is -0.382. The Hall–Kier alpha value is -2.10. The summed E-state index contributed by atoms with van der Waals surface area (Å²) in [5.74, 6) is -0.546. The van der Waals surface area contributed by atoms with Crippen LogP contribution in [0.4, 0.5) is 0 Å². The minimum atomic E-state index is -1.83. The maximum Gasteiger partial charge on any atom is 0.314 e. The Bertz CT molecular complexity index is 2110. The molecule has 0 radical (unpaired) electrons. The molecule has 3 unspecified atom stereocenters. The summed E-state index contributed by atoms with van der Waals surface area (Å²) in [6.07, 6.45) is -19.1. The van der Waals surface area contributed by atoms with Gasteiger partial charge in [-0.1, -0.05) is 44.9 Å². The summed E-state index contributed by atoms with van der Waals surface area (Å²) in [7, 11) is 1.23. The lowest BCUT2D eigenvalue weighted by atomic mass is 9.41. The number of cyclic esters (lactones) is 1. The maximum absolute atomic E-state index is 14.3. The van der Waals surface area contributed by atoms with E-state index in [2.05, 4.69) is 40.3 Å². The molecule has 5 aliphatic heterocycles. The van der Waals surface area contributed by atoms with E-state index < -0.39 is 158 Å². The topological polar surface area (TPSA) is 309 Å². The fourth-order valence-corrected chi connectivity index (χ4v) is 15.6. The average molecular weight is 1060 g/mol. The number of ether oxygens (including phenoxy) is 10. The number of hydrogen-bond acceptors (Lipinski definition) is 21. The van der Waals surface area contributed by atoms with E-state index in [-0.39, 0.29) is 35.6 Å². The van der Waals surface area contributed by atoms with Crippen molar-refractivity contribution in [1.29, 1.82) is 0 Å². The van der Waals surface area contributed by atoms with Crippen LogP contribution >= 0.6 is 0 Å². The number of fused-ring (bicyclic) bond motifs is 4. The van der Waals surface area contributed by atoms with Crippen molar-refractivity contribution in [2.45, 2.75) is 229 Å². The second-order valence-corrected chi connectivity index (χ2v) is 24.3. The third kappa shape index (κ3) is 9.11. The van der Waals surface area contributed by atoms with Crippen molar-refractivity contribution >= 4 is 11.8 Å². The first-order valence-corrected chi connectivity index (χ1v) is 26.6. The Morgan fingerprint density at radius 1 is 0.743 bits per heavy atom. The Balaban J connectivity index is 0.859. The van der Waals surface area contributed by atoms with Gasteiger partial charge in [-0.15, -0.1) is 6.58 Å². The monoisotopic (exact) mass is 1050 g/mol. The molecule has 1 spiro atoms. The van der Waals surface area contributed by atoms with E-state index >= 15 is 0 Å². The van der Waals surface area contributed by atoms with E-state index in [0.29, 0.717) is 25.7 Å². The molecule has 8 fully saturated rings. The zero-order valence-electron chi connectivity index (χ0n) is 43.9. The highest BCUT2D eigenvalue weighted by atomic mass is 16.8. The molecule has 9 rings (SSSR count). The number of carbonyl (C=O) groups excluding carboxylic acids is 2. The average Bonchev–Trinajstić information content (AvgIpc) is 3.73. The molecular formula is C53H82O21. The van der Waals surface area contributed by atoms with Gasteiger partial charge in [-0.3, -0.25) is 9.59 Å². The van der Waals surface area contributed by atoms with Crippen LogP contribution in [0.3, 0.4) is 0 Å². The van der Waals surface area contributed by atoms with Crippen molar-refractivity contribution in [3.8, 4) is 0 Å². The SMILES string of the molecule is C=C(C)CCC[C@]1(C)OC(=O)[C@]23CC=C4C(CCC5C(C)(C)[C@@H](O[C@@H]6OC[C@@H](O)[C@H](O)[C@H]6O[C@@H]6O[C@H](C)[C@@H](O[C@@H]7OC[C@@H](O)[C@H](O[C@@H]8O[C@H](CO)[C@@H](O)[C@H](OC)[C@H]8O)[C@H]7O)[C@H](O)[C@H]6O)CC[C@]45C)[C@]2(C)CC(=O)C31. The van der Waals surface area contributed by atoms with Gasteiger partial charge in [0.05, 0.1) is 43.4 Å². The van der Waals surface area contributed by atoms with E-state index in [1.54, 1.807) is 0 Å². The second kappa shape index (κ2) is 20.8. The maximum atomic E-state index is 14.3. The largest absolute Gasteiger partial charge is 0.458 e. The van der Waals surface area contributed by atoms with Crippen LogP contribution < -0.4 is 0 Å². The molecule has 9 N–H and O–H groups in total. The molecule has 0 amide bonds. The van der Waals surface area contributed by atoms with Crippen LogP contribution in [0.5, 0.6) is 0 Å². The molecule has 0 aromatic carbocycles. The van der Waals surface area contributed by atoms with Gasteiger partial charge in [-0.25, -0.2) is 0 Å². The van der Waals surface area contributed by atoms with Crippen LogP contribution in [0.15, 0.2) is 23.8 Å². The number of methoxy groups -OCH3 is 1. The van der Waals surface area contributed by atoms with Gasteiger partial charge in [0.1, 0.15) is 90.7 Å². The molecule has 9 aliphatic rings. The van der Waals surface area contributed by atoms with E-state index in [4.69, 9.17) is 47.4 Å². The minimum Gasteiger partial charge on any atom is -0.458 e. The quantitative estimate of drug-likeness (QED) is 0.0647. The van der Waals surface area contributed by atoms with Crippen LogP contribution in [-0.2, 0) is 57.0 Å². The summed E-state index contributed by atoms with van der Waals surface area (Å²) in [4.78, 5) is 28.6. The normalized spacial score (nSPS) is 52.0. The highest BCUT2D eigenvalue weighted by Crippen LogP contribution is 2.75. The zero-order chi connectivity index (χ0) is 53.8. The predicted octanol–water partition coefficient (Wildman–Crippen LogP) is 0.430. The lowest BCUT2D eigenvalue weighted by Gasteiger charge is -2.63. The fourth-order valence-electron chi connectivity index (χ4n) is 15.6. The van der Waals surface area contributed by atoms with Crippen LogP contribution in [0, 0.1) is 39.4 Å². The molecule has 74 heavy (non-hydrogen) atoms. The Morgan fingerprint density at radius 2 is 1.39 bits per heavy atom. The van der Waals surface area contributed by atoms with Gasteiger partial charge in [0.25, 0.3) is 0 Å². The van der Waals surface area contributed by atoms with Gasteiger partial charge < -0.3 is 93.3 Å². The van der Waals surface area contributed by atoms with E-state index in [9.17, 15) is 55.5 Å². The number of allylic oxidation sites excluding steroid dienone is 3. The number of aliphatic hydroxyl groups excluding tert-OH is 9. The molecule has 420 valence electrons. The molecule has 5 heterocycles. The lowest BCUT2D eigenvalue weighted by Crippen LogP contribution is -2.65. The summed E-state index contributed by atoms with van der Waals surface area (Å²) >= 11 is 0. The highest BCUT2D eigenvalue weighted by Gasteiger charge is 2.79. The van der Waals surface area contributed by atoms with Crippen LogP contribution in [0.2, 0.25) is 0 Å². The molecule has 5 saturated heterocycles. The first-order chi connectivity index (χ1) is 34.8. The predicted molar refractivity (Wildman–Crippen MR) is 255 cm³/mol. The first kappa shape index (κ1) is 56.6. The molecule has 26 atom stereocenters. The van der Waals surface area contributed by atoms with Crippen molar-refractivity contribution in [1.82, 2.24) is 0 Å². The summed E-state index contributed by atoms with van der Waals surface area (Å²) in [6, 6.07) is 0. The summed E-state index contributed by atoms with van der Waals surface area (Å²) in [6.45, 7) is 16.9. The molecule has 4 aliphatic carbocycles. The molecule has 0 aromatic rings. The summed E-state index contributed by atoms with van der Waals surface area (Å²) in [5.41, 5.74) is -0.844. The zero-order valence-corrected chi connectivity index (χ0v) is 43.9. The highest BCUT2D eigenvalue weighted by molar-refractivity contribution is 5.99. The third-order valence-corrected chi connectivity index (χ3v) is 19.5. The van der Waals surface area contributed by atoms with Gasteiger partial charge in [0, 0.05) is 13.5 Å². The van der Waals surface area contributed by atoms with Gasteiger partial charge in [0.2, 0.25) is 0 Å². The number of carbonyl (C=O) groups is 2. The minimum absolute atomic E-state index is 0.00351. The number of rotatable bonds is 14. The summed E-state index contributed by atoms with van der Waals surface area (Å²) < 4.78 is 59.5. The standard InChI is InChI=1S/C53H82O21/c1-23(2)11-10-16-52(8)43-27(55)19-51(7)26-12-13-31-49(4,5)32(15-17-50(31,6)25(26)14-18-53(43,51)48(64)74-52)70-47-42(33(58)28(56)21-67-47)73-45-36(61)35(60)39(24(3)68-45)71-44-37(62)40(29(57)22-66-44)72-46-38(63)41(65-9)34(59)30(20-54)69-46/h14,24,26,28-47,54,56-63H,1,10-13,15-22H2,2-9H3/t24-,26?,28-,29-,30-,31?,32+,33+,34-,35-,36-,37-,38-,39-,40+,41+,42-,43?,44+,45+,46+,47+,50-,51+,52+,53-/m1/s1. The van der Waals surface area contributed by atoms with Crippen molar-refractivity contribution < 1.29 is 103 Å². The number of Topliss-reactive ketones (excluding diaryl/α,β-unsaturated/α-hetero) is 1. The van der Waals surface area contributed by atoms with Crippen molar-refractivity contribution in [2.24, 2.45) is 39.4 Å². The second-order valence-electron chi connectivity index (χ2n) is 24.3. The van der Waals surface area contributed by atoms with E-state index in [1.807, 2.05) is 13.8 Å². The first-order valence-electron chi connectivity index (χ1n) is 26.6. The molecule has 21 heteroatoms. The van der Waals surface area contributed by atoms with E-state index in [1.165, 1.54) is 19.6 Å². The van der Waals surface area contributed by atoms with E-state index in [0.717, 1.165) is 37.7 Å². The van der Waals surface area contributed by atoms with Gasteiger partial charge in [-0.05, 0) is 100 Å². The molecule has 21 nitrogen and oxygen atoms in total. The van der Waals surface area contributed by atoms with Crippen LogP contribution in [-0.4, -0.2) is 207 Å². The Morgan fingerprint density at radius 3 is 2.08 bits per heavy atom.